The van der Waals surface area contributed by atoms with Crippen LogP contribution in [0.2, 0.25) is 0 Å². The minimum Gasteiger partial charge on any atom is -0.369 e. The zero-order chi connectivity index (χ0) is 28.8. The zero-order valence-electron chi connectivity index (χ0n) is 24.4. The number of piperazine rings is 2. The fourth-order valence-corrected chi connectivity index (χ4v) is 8.15. The lowest BCUT2D eigenvalue weighted by Gasteiger charge is -2.39. The van der Waals surface area contributed by atoms with Crippen LogP contribution in [-0.2, 0) is 30.9 Å². The van der Waals surface area contributed by atoms with Crippen LogP contribution in [0.15, 0.2) is 47.4 Å². The van der Waals surface area contributed by atoms with Crippen LogP contribution in [0.1, 0.15) is 52.7 Å². The minimum atomic E-state index is -3.60. The van der Waals surface area contributed by atoms with E-state index in [1.54, 1.807) is 20.7 Å². The van der Waals surface area contributed by atoms with Gasteiger partial charge in [-0.3, -0.25) is 0 Å². The molecule has 0 aromatic heterocycles. The molecule has 2 fully saturated rings. The quantitative estimate of drug-likeness (QED) is 0.538. The van der Waals surface area contributed by atoms with Crippen LogP contribution in [0.4, 0.5) is 11.4 Å². The number of sulfonamides is 2. The fourth-order valence-electron chi connectivity index (χ4n) is 5.49. The van der Waals surface area contributed by atoms with Gasteiger partial charge in [-0.15, -0.1) is 0 Å². The van der Waals surface area contributed by atoms with Crippen molar-refractivity contribution in [2.24, 2.45) is 0 Å². The average molecular weight is 577 g/mol. The van der Waals surface area contributed by atoms with Gasteiger partial charge in [0.15, 0.2) is 0 Å². The largest absolute Gasteiger partial charge is 0.369 e. The van der Waals surface area contributed by atoms with E-state index in [2.05, 4.69) is 48.8 Å². The first-order valence-corrected chi connectivity index (χ1v) is 17.0. The Morgan fingerprint density at radius 3 is 1.67 bits per heavy atom. The lowest BCUT2D eigenvalue weighted by Crippen LogP contribution is -2.49. The minimum absolute atomic E-state index is 0.110. The summed E-state index contributed by atoms with van der Waals surface area (Å²) in [7, 11) is -6.78. The number of rotatable bonds is 5. The molecule has 2 saturated heterocycles. The van der Waals surface area contributed by atoms with Gasteiger partial charge in [-0.05, 0) is 46.2 Å². The highest BCUT2D eigenvalue weighted by atomic mass is 32.2. The summed E-state index contributed by atoms with van der Waals surface area (Å²) in [5, 5.41) is 0. The summed E-state index contributed by atoms with van der Waals surface area (Å²) < 4.78 is 54.4. The third kappa shape index (κ3) is 6.45. The second-order valence-corrected chi connectivity index (χ2v) is 16.6. The van der Waals surface area contributed by atoms with Crippen LogP contribution in [-0.4, -0.2) is 84.1 Å². The van der Waals surface area contributed by atoms with Gasteiger partial charge < -0.3 is 9.80 Å². The van der Waals surface area contributed by atoms with E-state index in [1.165, 1.54) is 11.8 Å². The molecular weight excluding hydrogens is 532 g/mol. The first-order valence-electron chi connectivity index (χ1n) is 13.7. The summed E-state index contributed by atoms with van der Waals surface area (Å²) in [6.07, 6.45) is 1.27. The molecule has 10 heteroatoms. The summed E-state index contributed by atoms with van der Waals surface area (Å²) in [6.45, 7) is 17.1. The fraction of sp³-hybridized carbons (Fsp3) is 0.586. The van der Waals surface area contributed by atoms with E-state index in [-0.39, 0.29) is 10.8 Å². The molecule has 0 bridgehead atoms. The van der Waals surface area contributed by atoms with Gasteiger partial charge >= 0.3 is 0 Å². The maximum absolute atomic E-state index is 13.6. The zero-order valence-corrected chi connectivity index (χ0v) is 26.1. The third-order valence-electron chi connectivity index (χ3n) is 7.75. The molecule has 216 valence electrons. The number of hydrogen-bond acceptors (Lipinski definition) is 6. The lowest BCUT2D eigenvalue weighted by molar-refractivity contribution is 0.383. The van der Waals surface area contributed by atoms with Crippen molar-refractivity contribution in [2.45, 2.75) is 57.3 Å². The second kappa shape index (κ2) is 10.7. The Morgan fingerprint density at radius 1 is 0.615 bits per heavy atom. The highest BCUT2D eigenvalue weighted by Gasteiger charge is 2.33. The number of nitrogens with zero attached hydrogens (tertiary/aromatic N) is 4. The van der Waals surface area contributed by atoms with Gasteiger partial charge in [0.1, 0.15) is 0 Å². The van der Waals surface area contributed by atoms with Gasteiger partial charge in [-0.25, -0.2) is 16.8 Å². The summed E-state index contributed by atoms with van der Waals surface area (Å²) in [6, 6.07) is 13.8. The lowest BCUT2D eigenvalue weighted by atomic mass is 9.84. The van der Waals surface area contributed by atoms with Gasteiger partial charge in [-0.2, -0.15) is 8.61 Å². The SMILES string of the molecule is CC(C)(C)c1cc(N2CCN(S(=O)(=O)c3ccccc3C(C)(C)C)CC2)ccc1N1CCN(S(C)(=O)=O)CC1. The van der Waals surface area contributed by atoms with Crippen molar-refractivity contribution in [3.8, 4) is 0 Å². The van der Waals surface area contributed by atoms with Crippen molar-refractivity contribution in [2.75, 3.05) is 68.4 Å². The van der Waals surface area contributed by atoms with Crippen molar-refractivity contribution in [1.29, 1.82) is 0 Å². The molecule has 0 aliphatic carbocycles. The highest BCUT2D eigenvalue weighted by Crippen LogP contribution is 2.37. The Labute approximate surface area is 235 Å². The molecule has 0 radical (unpaired) electrons. The van der Waals surface area contributed by atoms with Crippen LogP contribution in [0.5, 0.6) is 0 Å². The van der Waals surface area contributed by atoms with Gasteiger partial charge in [0.2, 0.25) is 20.0 Å². The molecule has 0 unspecified atom stereocenters. The normalized spacial score (nSPS) is 18.9. The Bertz CT molecular complexity index is 1390. The maximum Gasteiger partial charge on any atom is 0.243 e. The van der Waals surface area contributed by atoms with E-state index >= 15 is 0 Å². The predicted molar refractivity (Wildman–Crippen MR) is 160 cm³/mol. The summed E-state index contributed by atoms with van der Waals surface area (Å²) >= 11 is 0. The Hall–Kier alpha value is -2.14. The highest BCUT2D eigenvalue weighted by molar-refractivity contribution is 7.89. The molecule has 2 aromatic rings. The molecule has 2 aliphatic rings. The standard InChI is InChI=1S/C29H44N4O4S2/c1-28(2,3)24-10-8-9-11-27(24)39(36,37)33-20-14-30(15-21-33)23-12-13-26(25(22-23)29(4,5)6)31-16-18-32(19-17-31)38(7,34)35/h8-13,22H,14-21H2,1-7H3. The summed E-state index contributed by atoms with van der Waals surface area (Å²) in [5.41, 5.74) is 3.90. The van der Waals surface area contributed by atoms with Crippen LogP contribution in [0.25, 0.3) is 0 Å². The molecule has 39 heavy (non-hydrogen) atoms. The summed E-state index contributed by atoms with van der Waals surface area (Å²) in [5.74, 6) is 0. The van der Waals surface area contributed by atoms with Crippen molar-refractivity contribution in [3.63, 3.8) is 0 Å². The molecule has 0 amide bonds. The molecule has 2 heterocycles. The molecule has 0 spiro atoms. The van der Waals surface area contributed by atoms with E-state index in [0.29, 0.717) is 57.3 Å². The van der Waals surface area contributed by atoms with E-state index in [4.69, 9.17) is 0 Å². The Kier molecular flexibility index (Phi) is 8.17. The smallest absolute Gasteiger partial charge is 0.243 e. The molecule has 0 saturated carbocycles. The van der Waals surface area contributed by atoms with Gasteiger partial charge in [0.25, 0.3) is 0 Å². The molecule has 4 rings (SSSR count). The molecule has 2 aromatic carbocycles. The van der Waals surface area contributed by atoms with E-state index in [1.807, 2.05) is 32.9 Å². The third-order valence-corrected chi connectivity index (χ3v) is 11.0. The molecular formula is C29H44N4O4S2. The van der Waals surface area contributed by atoms with E-state index in [9.17, 15) is 16.8 Å². The predicted octanol–water partition coefficient (Wildman–Crippen LogP) is 3.87. The van der Waals surface area contributed by atoms with E-state index in [0.717, 1.165) is 16.9 Å². The first kappa shape index (κ1) is 29.8. The number of hydrogen-bond donors (Lipinski definition) is 0. The molecule has 2 aliphatic heterocycles. The van der Waals surface area contributed by atoms with Crippen molar-refractivity contribution >= 4 is 31.4 Å². The first-order chi connectivity index (χ1) is 18.0. The monoisotopic (exact) mass is 576 g/mol. The molecule has 0 N–H and O–H groups in total. The Balaban J connectivity index is 1.52. The van der Waals surface area contributed by atoms with Gasteiger partial charge in [-0.1, -0.05) is 59.7 Å². The van der Waals surface area contributed by atoms with Crippen molar-refractivity contribution in [3.05, 3.63) is 53.6 Å². The van der Waals surface area contributed by atoms with E-state index < -0.39 is 20.0 Å². The number of anilines is 2. The second-order valence-electron chi connectivity index (χ2n) is 12.7. The van der Waals surface area contributed by atoms with Gasteiger partial charge in [0.05, 0.1) is 11.2 Å². The maximum atomic E-state index is 13.6. The van der Waals surface area contributed by atoms with Crippen LogP contribution in [0, 0.1) is 0 Å². The van der Waals surface area contributed by atoms with Crippen LogP contribution >= 0.6 is 0 Å². The topological polar surface area (TPSA) is 81.2 Å². The number of benzene rings is 2. The molecule has 0 atom stereocenters. The van der Waals surface area contributed by atoms with Crippen LogP contribution in [0.3, 0.4) is 0 Å². The van der Waals surface area contributed by atoms with Gasteiger partial charge in [0, 0.05) is 63.7 Å². The summed E-state index contributed by atoms with van der Waals surface area (Å²) in [4.78, 5) is 4.95. The van der Waals surface area contributed by atoms with Crippen molar-refractivity contribution in [1.82, 2.24) is 8.61 Å². The average Bonchev–Trinajstić information content (AvgIpc) is 2.87. The Morgan fingerprint density at radius 2 is 1.13 bits per heavy atom. The molecule has 8 nitrogen and oxygen atoms in total. The van der Waals surface area contributed by atoms with Crippen LogP contribution < -0.4 is 9.80 Å². The van der Waals surface area contributed by atoms with Crippen molar-refractivity contribution < 1.29 is 16.8 Å².